The van der Waals surface area contributed by atoms with Crippen LogP contribution in [0.25, 0.3) is 0 Å². The van der Waals surface area contributed by atoms with Crippen LogP contribution in [0.5, 0.6) is 11.5 Å². The van der Waals surface area contributed by atoms with E-state index in [4.69, 9.17) is 4.74 Å². The highest BCUT2D eigenvalue weighted by Gasteiger charge is 2.16. The molecule has 2 rings (SSSR count). The van der Waals surface area contributed by atoms with E-state index in [2.05, 4.69) is 10.4 Å². The summed E-state index contributed by atoms with van der Waals surface area (Å²) in [6, 6.07) is 5.23. The van der Waals surface area contributed by atoms with Crippen LogP contribution in [0.1, 0.15) is 45.3 Å². The third-order valence-corrected chi connectivity index (χ3v) is 3.30. The third kappa shape index (κ3) is 3.61. The number of nitrogens with one attached hydrogen (secondary N) is 1. The van der Waals surface area contributed by atoms with E-state index in [0.29, 0.717) is 5.75 Å². The van der Waals surface area contributed by atoms with Gasteiger partial charge in [0.05, 0.1) is 12.4 Å². The summed E-state index contributed by atoms with van der Waals surface area (Å²) in [5.74, 6) is 0.433. The summed E-state index contributed by atoms with van der Waals surface area (Å²) in [5, 5.41) is 7.48. The molecule has 5 heteroatoms. The Hall–Kier alpha value is -1.88. The smallest absolute Gasteiger partial charge is 0.167 e. The van der Waals surface area contributed by atoms with Crippen molar-refractivity contribution in [1.29, 1.82) is 0 Å². The standard InChI is InChI=1S/C16H22FN3O/c1-5-18-12(4)14-7-6-8-15(17)16(14)21-13-9-19-20(10-13)11(2)3/h6-12,18H,5H2,1-4H3. The fourth-order valence-corrected chi connectivity index (χ4v) is 2.16. The van der Waals surface area contributed by atoms with Crippen LogP contribution in [-0.4, -0.2) is 16.3 Å². The predicted octanol–water partition coefficient (Wildman–Crippen LogP) is 4.07. The number of ether oxygens (including phenoxy) is 1. The van der Waals surface area contributed by atoms with Crippen molar-refractivity contribution in [2.24, 2.45) is 0 Å². The number of benzene rings is 1. The molecule has 1 aromatic heterocycles. The SMILES string of the molecule is CCNC(C)c1cccc(F)c1Oc1cnn(C(C)C)c1. The average molecular weight is 291 g/mol. The average Bonchev–Trinajstić information content (AvgIpc) is 2.90. The third-order valence-electron chi connectivity index (χ3n) is 3.30. The maximum atomic E-state index is 14.1. The molecule has 0 bridgehead atoms. The molecule has 21 heavy (non-hydrogen) atoms. The minimum Gasteiger partial charge on any atom is -0.451 e. The van der Waals surface area contributed by atoms with Gasteiger partial charge in [0.15, 0.2) is 17.3 Å². The molecule has 4 nitrogen and oxygen atoms in total. The fourth-order valence-electron chi connectivity index (χ4n) is 2.16. The number of hydrogen-bond donors (Lipinski definition) is 1. The molecule has 0 fully saturated rings. The maximum absolute atomic E-state index is 14.1. The molecule has 0 saturated carbocycles. The maximum Gasteiger partial charge on any atom is 0.167 e. The van der Waals surface area contributed by atoms with Gasteiger partial charge in [-0.25, -0.2) is 4.39 Å². The topological polar surface area (TPSA) is 39.1 Å². The van der Waals surface area contributed by atoms with E-state index in [-0.39, 0.29) is 23.7 Å². The van der Waals surface area contributed by atoms with Crippen LogP contribution in [0.15, 0.2) is 30.6 Å². The van der Waals surface area contributed by atoms with Crippen LogP contribution < -0.4 is 10.1 Å². The zero-order valence-corrected chi connectivity index (χ0v) is 12.9. The largest absolute Gasteiger partial charge is 0.451 e. The second kappa shape index (κ2) is 6.72. The van der Waals surface area contributed by atoms with Crippen molar-refractivity contribution in [2.45, 2.75) is 39.8 Å². The highest BCUT2D eigenvalue weighted by atomic mass is 19.1. The molecule has 0 spiro atoms. The number of halogens is 1. The van der Waals surface area contributed by atoms with E-state index in [1.165, 1.54) is 6.07 Å². The summed E-state index contributed by atoms with van der Waals surface area (Å²) < 4.78 is 21.6. The lowest BCUT2D eigenvalue weighted by Gasteiger charge is -2.17. The van der Waals surface area contributed by atoms with E-state index >= 15 is 0 Å². The van der Waals surface area contributed by atoms with Gasteiger partial charge in [0.2, 0.25) is 0 Å². The Labute approximate surface area is 124 Å². The quantitative estimate of drug-likeness (QED) is 0.872. The summed E-state index contributed by atoms with van der Waals surface area (Å²) in [4.78, 5) is 0. The Balaban J connectivity index is 2.29. The number of rotatable bonds is 6. The molecule has 0 saturated heterocycles. The minimum atomic E-state index is -0.366. The molecule has 1 atom stereocenters. The Morgan fingerprint density at radius 1 is 1.33 bits per heavy atom. The molecular formula is C16H22FN3O. The lowest BCUT2D eigenvalue weighted by molar-refractivity contribution is 0.424. The minimum absolute atomic E-state index is 0.0147. The second-order valence-corrected chi connectivity index (χ2v) is 5.29. The van der Waals surface area contributed by atoms with Crippen molar-refractivity contribution in [2.75, 3.05) is 6.54 Å². The molecule has 2 aromatic rings. The summed E-state index contributed by atoms with van der Waals surface area (Å²) in [6.45, 7) is 8.87. The van der Waals surface area contributed by atoms with Gasteiger partial charge in [-0.1, -0.05) is 19.1 Å². The Bertz CT molecular complexity index is 595. The highest BCUT2D eigenvalue weighted by molar-refractivity contribution is 5.40. The van der Waals surface area contributed by atoms with Crippen LogP contribution >= 0.6 is 0 Å². The number of para-hydroxylation sites is 1. The number of nitrogens with zero attached hydrogens (tertiary/aromatic N) is 2. The monoisotopic (exact) mass is 291 g/mol. The Kier molecular flexibility index (Phi) is 4.96. The number of aromatic nitrogens is 2. The van der Waals surface area contributed by atoms with Gasteiger partial charge in [-0.2, -0.15) is 5.10 Å². The molecule has 0 aliphatic rings. The van der Waals surface area contributed by atoms with E-state index in [9.17, 15) is 4.39 Å². The zero-order valence-electron chi connectivity index (χ0n) is 12.9. The molecule has 1 aromatic carbocycles. The second-order valence-electron chi connectivity index (χ2n) is 5.29. The summed E-state index contributed by atoms with van der Waals surface area (Å²) >= 11 is 0. The van der Waals surface area contributed by atoms with Gasteiger partial charge >= 0.3 is 0 Å². The first-order valence-electron chi connectivity index (χ1n) is 7.26. The van der Waals surface area contributed by atoms with Crippen LogP contribution in [0.4, 0.5) is 4.39 Å². The van der Waals surface area contributed by atoms with Crippen molar-refractivity contribution < 1.29 is 9.13 Å². The van der Waals surface area contributed by atoms with Gasteiger partial charge in [-0.05, 0) is 33.4 Å². The molecule has 1 N–H and O–H groups in total. The zero-order chi connectivity index (χ0) is 15.4. The summed E-state index contributed by atoms with van der Waals surface area (Å²) in [5.41, 5.74) is 0.800. The first kappa shape index (κ1) is 15.5. The lowest BCUT2D eigenvalue weighted by atomic mass is 10.1. The molecule has 0 aliphatic carbocycles. The predicted molar refractivity (Wildman–Crippen MR) is 81.2 cm³/mol. The molecule has 1 heterocycles. The van der Waals surface area contributed by atoms with Gasteiger partial charge in [-0.15, -0.1) is 0 Å². The fraction of sp³-hybridized carbons (Fsp3) is 0.438. The molecule has 0 radical (unpaired) electrons. The van der Waals surface area contributed by atoms with Crippen molar-refractivity contribution in [3.63, 3.8) is 0 Å². The van der Waals surface area contributed by atoms with Crippen molar-refractivity contribution in [1.82, 2.24) is 15.1 Å². The number of hydrogen-bond acceptors (Lipinski definition) is 3. The molecule has 0 amide bonds. The molecule has 1 unspecified atom stereocenters. The molecular weight excluding hydrogens is 269 g/mol. The van der Waals surface area contributed by atoms with Crippen LogP contribution in [0.2, 0.25) is 0 Å². The van der Waals surface area contributed by atoms with Crippen molar-refractivity contribution >= 4 is 0 Å². The summed E-state index contributed by atoms with van der Waals surface area (Å²) in [7, 11) is 0. The van der Waals surface area contributed by atoms with E-state index in [0.717, 1.165) is 12.1 Å². The lowest BCUT2D eigenvalue weighted by Crippen LogP contribution is -2.18. The molecule has 0 aliphatic heterocycles. The van der Waals surface area contributed by atoms with Gasteiger partial charge < -0.3 is 10.1 Å². The van der Waals surface area contributed by atoms with Crippen molar-refractivity contribution in [3.8, 4) is 11.5 Å². The summed E-state index contributed by atoms with van der Waals surface area (Å²) in [6.07, 6.45) is 3.38. The van der Waals surface area contributed by atoms with E-state index in [1.807, 2.05) is 33.8 Å². The first-order chi connectivity index (χ1) is 10.0. The van der Waals surface area contributed by atoms with E-state index < -0.39 is 0 Å². The Morgan fingerprint density at radius 2 is 2.10 bits per heavy atom. The Morgan fingerprint density at radius 3 is 2.71 bits per heavy atom. The van der Waals surface area contributed by atoms with Gasteiger partial charge in [0.1, 0.15) is 0 Å². The van der Waals surface area contributed by atoms with Gasteiger partial charge in [0, 0.05) is 17.6 Å². The molecule has 114 valence electrons. The normalized spacial score (nSPS) is 12.7. The van der Waals surface area contributed by atoms with Gasteiger partial charge in [0.25, 0.3) is 0 Å². The van der Waals surface area contributed by atoms with E-state index in [1.54, 1.807) is 23.1 Å². The van der Waals surface area contributed by atoms with Crippen LogP contribution in [0.3, 0.4) is 0 Å². The van der Waals surface area contributed by atoms with Crippen LogP contribution in [-0.2, 0) is 0 Å². The van der Waals surface area contributed by atoms with Gasteiger partial charge in [-0.3, -0.25) is 4.68 Å². The first-order valence-corrected chi connectivity index (χ1v) is 7.26. The highest BCUT2D eigenvalue weighted by Crippen LogP contribution is 2.32. The van der Waals surface area contributed by atoms with Crippen LogP contribution in [0, 0.1) is 5.82 Å². The van der Waals surface area contributed by atoms with Crippen molar-refractivity contribution in [3.05, 3.63) is 42.0 Å².